The Morgan fingerprint density at radius 3 is 2.65 bits per heavy atom. The molecule has 106 valence electrons. The van der Waals surface area contributed by atoms with Crippen LogP contribution in [0.5, 0.6) is 0 Å². The summed E-state index contributed by atoms with van der Waals surface area (Å²) in [4.78, 5) is 33.6. The van der Waals surface area contributed by atoms with Crippen LogP contribution in [-0.4, -0.2) is 40.3 Å². The van der Waals surface area contributed by atoms with Crippen molar-refractivity contribution in [3.8, 4) is 0 Å². The smallest absolute Gasteiger partial charge is 0.338 e. The Hall–Kier alpha value is -2.02. The largest absolute Gasteiger partial charge is 0.481 e. The molecule has 0 aliphatic carbocycles. The van der Waals surface area contributed by atoms with Crippen LogP contribution in [0, 0.1) is 0 Å². The SMILES string of the molecule is O=C(O)CC1SC(COC(=O)c2ccccc2)OC1=O. The fraction of sp³-hybridized carbons (Fsp3) is 0.308. The van der Waals surface area contributed by atoms with E-state index in [1.54, 1.807) is 30.3 Å². The van der Waals surface area contributed by atoms with Crippen LogP contribution in [-0.2, 0) is 19.1 Å². The standard InChI is InChI=1S/C13H12O6S/c14-10(15)6-9-13(17)19-11(20-9)7-18-12(16)8-4-2-1-3-5-8/h1-5,9,11H,6-7H2,(H,14,15). The molecule has 20 heavy (non-hydrogen) atoms. The van der Waals surface area contributed by atoms with Gasteiger partial charge in [-0.3, -0.25) is 9.59 Å². The summed E-state index contributed by atoms with van der Waals surface area (Å²) in [6, 6.07) is 8.43. The minimum absolute atomic E-state index is 0.0970. The second-order valence-corrected chi connectivity index (χ2v) is 5.42. The monoisotopic (exact) mass is 296 g/mol. The van der Waals surface area contributed by atoms with Crippen LogP contribution < -0.4 is 0 Å². The van der Waals surface area contributed by atoms with Gasteiger partial charge in [0.25, 0.3) is 0 Å². The summed E-state index contributed by atoms with van der Waals surface area (Å²) in [5, 5.41) is 7.90. The van der Waals surface area contributed by atoms with E-state index in [1.165, 1.54) is 0 Å². The van der Waals surface area contributed by atoms with E-state index >= 15 is 0 Å². The third-order valence-corrected chi connectivity index (χ3v) is 3.77. The summed E-state index contributed by atoms with van der Waals surface area (Å²) in [6.45, 7) is -0.0970. The van der Waals surface area contributed by atoms with Gasteiger partial charge in [0, 0.05) is 0 Å². The second kappa shape index (κ2) is 6.42. The van der Waals surface area contributed by atoms with E-state index in [0.717, 1.165) is 11.8 Å². The number of hydrogen-bond donors (Lipinski definition) is 1. The second-order valence-electron chi connectivity index (χ2n) is 4.05. The number of carbonyl (C=O) groups excluding carboxylic acids is 2. The zero-order valence-corrected chi connectivity index (χ0v) is 11.2. The van der Waals surface area contributed by atoms with E-state index in [9.17, 15) is 14.4 Å². The summed E-state index contributed by atoms with van der Waals surface area (Å²) in [7, 11) is 0. The van der Waals surface area contributed by atoms with Gasteiger partial charge in [0.15, 0.2) is 5.44 Å². The van der Waals surface area contributed by atoms with Gasteiger partial charge in [-0.2, -0.15) is 0 Å². The molecule has 1 aliphatic heterocycles. The molecule has 0 radical (unpaired) electrons. The van der Waals surface area contributed by atoms with Crippen molar-refractivity contribution in [1.82, 2.24) is 0 Å². The Morgan fingerprint density at radius 1 is 1.30 bits per heavy atom. The first-order valence-corrected chi connectivity index (χ1v) is 6.80. The van der Waals surface area contributed by atoms with Crippen molar-refractivity contribution in [2.24, 2.45) is 0 Å². The molecular weight excluding hydrogens is 284 g/mol. The van der Waals surface area contributed by atoms with Crippen molar-refractivity contribution in [3.63, 3.8) is 0 Å². The summed E-state index contributed by atoms with van der Waals surface area (Å²) < 4.78 is 9.97. The fourth-order valence-electron chi connectivity index (χ4n) is 1.64. The molecule has 0 aromatic heterocycles. The van der Waals surface area contributed by atoms with Gasteiger partial charge < -0.3 is 14.6 Å². The zero-order valence-electron chi connectivity index (χ0n) is 10.4. The molecule has 6 nitrogen and oxygen atoms in total. The van der Waals surface area contributed by atoms with Gasteiger partial charge in [-0.1, -0.05) is 30.0 Å². The summed E-state index contributed by atoms with van der Waals surface area (Å²) >= 11 is 1.05. The maximum absolute atomic E-state index is 11.7. The van der Waals surface area contributed by atoms with E-state index in [-0.39, 0.29) is 13.0 Å². The van der Waals surface area contributed by atoms with Crippen LogP contribution in [0.4, 0.5) is 0 Å². The molecule has 1 N–H and O–H groups in total. The quantitative estimate of drug-likeness (QED) is 0.819. The minimum Gasteiger partial charge on any atom is -0.481 e. The van der Waals surface area contributed by atoms with Crippen LogP contribution in [0.1, 0.15) is 16.8 Å². The van der Waals surface area contributed by atoms with Crippen LogP contribution in [0.15, 0.2) is 30.3 Å². The number of cyclic esters (lactones) is 1. The summed E-state index contributed by atoms with van der Waals surface area (Å²) in [5.41, 5.74) is -0.247. The number of benzene rings is 1. The van der Waals surface area contributed by atoms with E-state index < -0.39 is 28.6 Å². The summed E-state index contributed by atoms with van der Waals surface area (Å²) in [6.07, 6.45) is -0.299. The molecule has 7 heteroatoms. The Kier molecular flexibility index (Phi) is 4.62. The number of esters is 2. The predicted octanol–water partition coefficient (Wildman–Crippen LogP) is 1.30. The average molecular weight is 296 g/mol. The van der Waals surface area contributed by atoms with Crippen molar-refractivity contribution >= 4 is 29.7 Å². The van der Waals surface area contributed by atoms with Crippen LogP contribution in [0.2, 0.25) is 0 Å². The predicted molar refractivity (Wildman–Crippen MR) is 70.2 cm³/mol. The van der Waals surface area contributed by atoms with Crippen LogP contribution >= 0.6 is 11.8 Å². The molecule has 0 amide bonds. The molecule has 2 atom stereocenters. The number of rotatable bonds is 5. The van der Waals surface area contributed by atoms with Gasteiger partial charge in [-0.05, 0) is 12.1 Å². The van der Waals surface area contributed by atoms with Gasteiger partial charge in [-0.25, -0.2) is 4.79 Å². The van der Waals surface area contributed by atoms with Crippen molar-refractivity contribution in [2.45, 2.75) is 17.1 Å². The van der Waals surface area contributed by atoms with E-state index in [4.69, 9.17) is 14.6 Å². The maximum atomic E-state index is 11.7. The summed E-state index contributed by atoms with van der Waals surface area (Å²) in [5.74, 6) is -2.16. The Morgan fingerprint density at radius 2 is 2.00 bits per heavy atom. The van der Waals surface area contributed by atoms with Gasteiger partial charge in [0.05, 0.1) is 12.0 Å². The molecule has 0 saturated carbocycles. The number of carboxylic acids is 1. The highest BCUT2D eigenvalue weighted by molar-refractivity contribution is 8.01. The molecule has 1 fully saturated rings. The lowest BCUT2D eigenvalue weighted by Crippen LogP contribution is -2.17. The van der Waals surface area contributed by atoms with E-state index in [1.807, 2.05) is 0 Å². The third kappa shape index (κ3) is 3.74. The highest BCUT2D eigenvalue weighted by atomic mass is 32.2. The third-order valence-electron chi connectivity index (χ3n) is 2.55. The highest BCUT2D eigenvalue weighted by Crippen LogP contribution is 2.31. The Balaban J connectivity index is 1.82. The molecule has 0 bridgehead atoms. The van der Waals surface area contributed by atoms with Gasteiger partial charge >= 0.3 is 17.9 Å². The first-order valence-electron chi connectivity index (χ1n) is 5.86. The van der Waals surface area contributed by atoms with Crippen molar-refractivity contribution < 1.29 is 29.0 Å². The molecule has 2 unspecified atom stereocenters. The molecular formula is C13H12O6S. The van der Waals surface area contributed by atoms with Crippen molar-refractivity contribution in [2.75, 3.05) is 6.61 Å². The molecule has 0 spiro atoms. The molecule has 1 heterocycles. The molecule has 1 saturated heterocycles. The van der Waals surface area contributed by atoms with Gasteiger partial charge in [-0.15, -0.1) is 0 Å². The molecule has 1 aliphatic rings. The Bertz CT molecular complexity index is 515. The number of thioether (sulfide) groups is 1. The fourth-order valence-corrected chi connectivity index (χ4v) is 2.71. The molecule has 2 rings (SSSR count). The lowest BCUT2D eigenvalue weighted by Gasteiger charge is -2.09. The first-order chi connectivity index (χ1) is 9.56. The number of carbonyl (C=O) groups is 3. The molecule has 1 aromatic carbocycles. The van der Waals surface area contributed by atoms with Gasteiger partial charge in [0.1, 0.15) is 11.9 Å². The normalized spacial score (nSPS) is 21.3. The lowest BCUT2D eigenvalue weighted by molar-refractivity contribution is -0.147. The number of ether oxygens (including phenoxy) is 2. The van der Waals surface area contributed by atoms with E-state index in [0.29, 0.717) is 5.56 Å². The number of carboxylic acid groups (broad SMARTS) is 1. The van der Waals surface area contributed by atoms with E-state index in [2.05, 4.69) is 0 Å². The number of aliphatic carboxylic acids is 1. The van der Waals surface area contributed by atoms with Crippen molar-refractivity contribution in [1.29, 1.82) is 0 Å². The van der Waals surface area contributed by atoms with Crippen molar-refractivity contribution in [3.05, 3.63) is 35.9 Å². The van der Waals surface area contributed by atoms with Gasteiger partial charge in [0.2, 0.25) is 0 Å². The molecule has 1 aromatic rings. The highest BCUT2D eigenvalue weighted by Gasteiger charge is 2.37. The maximum Gasteiger partial charge on any atom is 0.338 e. The topological polar surface area (TPSA) is 89.9 Å². The minimum atomic E-state index is -1.07. The lowest BCUT2D eigenvalue weighted by atomic mass is 10.2. The average Bonchev–Trinajstić information content (AvgIpc) is 2.77. The Labute approximate surface area is 119 Å². The first kappa shape index (κ1) is 14.4. The zero-order chi connectivity index (χ0) is 14.5. The van der Waals surface area contributed by atoms with Crippen LogP contribution in [0.25, 0.3) is 0 Å². The van der Waals surface area contributed by atoms with Crippen LogP contribution in [0.3, 0.4) is 0 Å². The number of hydrogen-bond acceptors (Lipinski definition) is 6.